The van der Waals surface area contributed by atoms with Gasteiger partial charge in [-0.3, -0.25) is 9.79 Å². The monoisotopic (exact) mass is 400 g/mol. The number of benzene rings is 1. The second-order valence-corrected chi connectivity index (χ2v) is 7.53. The van der Waals surface area contributed by atoms with Crippen LogP contribution in [0.25, 0.3) is 0 Å². The molecule has 10 heteroatoms. The minimum Gasteiger partial charge on any atom is -0.385 e. The van der Waals surface area contributed by atoms with Crippen LogP contribution in [0.2, 0.25) is 0 Å². The Morgan fingerprint density at radius 2 is 2.00 bits per heavy atom. The number of nitrogens with one attached hydrogen (secondary N) is 1. The van der Waals surface area contributed by atoms with Crippen LogP contribution in [0.5, 0.6) is 0 Å². The number of hydrogen-bond donors (Lipinski definition) is 2. The Kier molecular flexibility index (Phi) is 4.49. The number of rotatable bonds is 3. The van der Waals surface area contributed by atoms with Crippen molar-refractivity contribution in [2.24, 2.45) is 10.7 Å². The molecule has 1 aliphatic heterocycles. The zero-order chi connectivity index (χ0) is 20.0. The van der Waals surface area contributed by atoms with Crippen molar-refractivity contribution in [3.05, 3.63) is 46.2 Å². The van der Waals surface area contributed by atoms with Gasteiger partial charge in [-0.05, 0) is 32.0 Å². The maximum Gasteiger partial charge on any atom is 0.284 e. The van der Waals surface area contributed by atoms with E-state index in [4.69, 9.17) is 5.73 Å². The molecule has 0 saturated heterocycles. The number of nitrogens with two attached hydrogens (primary N) is 1. The highest BCUT2D eigenvalue weighted by atomic mass is 32.1. The van der Waals surface area contributed by atoms with Gasteiger partial charge in [0.15, 0.2) is 16.2 Å². The second-order valence-electron chi connectivity index (χ2n) is 6.63. The van der Waals surface area contributed by atoms with Gasteiger partial charge in [-0.25, -0.2) is 22.5 Å². The van der Waals surface area contributed by atoms with Gasteiger partial charge in [-0.15, -0.1) is 11.3 Å². The van der Waals surface area contributed by atoms with E-state index in [0.29, 0.717) is 0 Å². The highest BCUT2D eigenvalue weighted by Crippen LogP contribution is 2.50. The molecule has 5 nitrogen and oxygen atoms in total. The van der Waals surface area contributed by atoms with Crippen molar-refractivity contribution in [1.82, 2.24) is 4.98 Å². The Morgan fingerprint density at radius 1 is 1.30 bits per heavy atom. The van der Waals surface area contributed by atoms with Crippen LogP contribution in [-0.4, -0.2) is 28.3 Å². The number of halogens is 4. The summed E-state index contributed by atoms with van der Waals surface area (Å²) in [6, 6.07) is 3.20. The molecule has 2 heterocycles. The molecule has 144 valence electrons. The van der Waals surface area contributed by atoms with Gasteiger partial charge in [0.05, 0.1) is 6.42 Å². The standard InChI is InChI=1S/C17H16F4N4OS/c1-15(19)8-17(20,21)16(2,25-14(15)22)10-7-9(3-4-11(10)18)24-12(26)13-23-5-6-27-13/h3-7H,8H2,1-2H3,(H2,22,25)(H,24,26)/t15-,16-/m1/s1. The first-order valence-corrected chi connectivity index (χ1v) is 8.78. The molecule has 0 fully saturated rings. The van der Waals surface area contributed by atoms with E-state index in [0.717, 1.165) is 37.3 Å². The van der Waals surface area contributed by atoms with E-state index in [-0.39, 0.29) is 10.7 Å². The van der Waals surface area contributed by atoms with Crippen LogP contribution < -0.4 is 11.1 Å². The summed E-state index contributed by atoms with van der Waals surface area (Å²) < 4.78 is 58.1. The molecular formula is C17H16F4N4OS. The molecule has 2 aromatic rings. The molecule has 0 radical (unpaired) electrons. The summed E-state index contributed by atoms with van der Waals surface area (Å²) >= 11 is 1.09. The van der Waals surface area contributed by atoms with Crippen molar-refractivity contribution >= 4 is 28.8 Å². The van der Waals surface area contributed by atoms with Crippen molar-refractivity contribution in [1.29, 1.82) is 0 Å². The van der Waals surface area contributed by atoms with Crippen molar-refractivity contribution in [2.75, 3.05) is 5.32 Å². The van der Waals surface area contributed by atoms with Gasteiger partial charge in [-0.1, -0.05) is 0 Å². The highest BCUT2D eigenvalue weighted by molar-refractivity contribution is 7.11. The zero-order valence-corrected chi connectivity index (χ0v) is 15.2. The number of hydrogen-bond acceptors (Lipinski definition) is 5. The summed E-state index contributed by atoms with van der Waals surface area (Å²) in [5.41, 5.74) is 0.174. The molecule has 2 atom stereocenters. The molecule has 27 heavy (non-hydrogen) atoms. The number of anilines is 1. The molecule has 0 saturated carbocycles. The first-order valence-electron chi connectivity index (χ1n) is 7.90. The fourth-order valence-electron chi connectivity index (χ4n) is 2.87. The molecule has 1 aromatic carbocycles. The van der Waals surface area contributed by atoms with Crippen LogP contribution >= 0.6 is 11.3 Å². The van der Waals surface area contributed by atoms with Crippen LogP contribution in [0.3, 0.4) is 0 Å². The number of carbonyl (C=O) groups excluding carboxylic acids is 1. The van der Waals surface area contributed by atoms with Crippen LogP contribution in [0.15, 0.2) is 34.8 Å². The van der Waals surface area contributed by atoms with Crippen LogP contribution in [0, 0.1) is 5.82 Å². The molecule has 3 N–H and O–H groups in total. The van der Waals surface area contributed by atoms with Gasteiger partial charge >= 0.3 is 0 Å². The van der Waals surface area contributed by atoms with Crippen molar-refractivity contribution in [2.45, 2.75) is 37.4 Å². The predicted molar refractivity (Wildman–Crippen MR) is 94.5 cm³/mol. The number of amides is 1. The molecule has 1 aliphatic rings. The summed E-state index contributed by atoms with van der Waals surface area (Å²) in [4.78, 5) is 19.6. The Hall–Kier alpha value is -2.49. The number of aliphatic imine (C=N–C) groups is 1. The van der Waals surface area contributed by atoms with E-state index in [1.807, 2.05) is 0 Å². The molecule has 1 aromatic heterocycles. The summed E-state index contributed by atoms with van der Waals surface area (Å²) in [6.07, 6.45) is 0.200. The van der Waals surface area contributed by atoms with Crippen LogP contribution in [-0.2, 0) is 5.54 Å². The molecule has 1 amide bonds. The summed E-state index contributed by atoms with van der Waals surface area (Å²) in [5.74, 6) is -5.88. The van der Waals surface area contributed by atoms with Gasteiger partial charge in [0.1, 0.15) is 11.7 Å². The Morgan fingerprint density at radius 3 is 2.63 bits per heavy atom. The van der Waals surface area contributed by atoms with Crippen molar-refractivity contribution < 1.29 is 22.4 Å². The molecule has 0 bridgehead atoms. The lowest BCUT2D eigenvalue weighted by Gasteiger charge is -2.42. The molecule has 0 aliphatic carbocycles. The Bertz CT molecular complexity index is 914. The van der Waals surface area contributed by atoms with Crippen molar-refractivity contribution in [3.63, 3.8) is 0 Å². The zero-order valence-electron chi connectivity index (χ0n) is 14.4. The molecule has 0 unspecified atom stereocenters. The Labute approximate surface area is 156 Å². The normalized spacial score (nSPS) is 27.1. The number of nitrogens with zero attached hydrogens (tertiary/aromatic N) is 2. The SMILES string of the molecule is C[C@@]1(F)CC(F)(F)[C@@](C)(c2cc(NC(=O)c3nccs3)ccc2F)N=C1N. The number of thiazole rings is 1. The quantitative estimate of drug-likeness (QED) is 0.768. The van der Waals surface area contributed by atoms with E-state index >= 15 is 0 Å². The third kappa shape index (κ3) is 3.29. The van der Waals surface area contributed by atoms with Gasteiger partial charge in [0.2, 0.25) is 0 Å². The minimum absolute atomic E-state index is 0.0750. The fourth-order valence-corrected chi connectivity index (χ4v) is 3.40. The number of aromatic nitrogens is 1. The lowest BCUT2D eigenvalue weighted by Crippen LogP contribution is -2.56. The van der Waals surface area contributed by atoms with Crippen molar-refractivity contribution in [3.8, 4) is 0 Å². The highest BCUT2D eigenvalue weighted by Gasteiger charge is 2.60. The smallest absolute Gasteiger partial charge is 0.284 e. The average molecular weight is 400 g/mol. The maximum atomic E-state index is 14.7. The van der Waals surface area contributed by atoms with E-state index in [1.165, 1.54) is 12.3 Å². The van der Waals surface area contributed by atoms with Gasteiger partial charge in [0.25, 0.3) is 11.8 Å². The first kappa shape index (κ1) is 19.3. The Balaban J connectivity index is 2.03. The number of alkyl halides is 3. The summed E-state index contributed by atoms with van der Waals surface area (Å²) in [7, 11) is 0. The lowest BCUT2D eigenvalue weighted by molar-refractivity contribution is -0.106. The number of amidine groups is 1. The van der Waals surface area contributed by atoms with E-state index in [1.54, 1.807) is 5.38 Å². The fraction of sp³-hybridized carbons (Fsp3) is 0.353. The van der Waals surface area contributed by atoms with E-state index in [9.17, 15) is 22.4 Å². The van der Waals surface area contributed by atoms with Gasteiger partial charge < -0.3 is 11.1 Å². The lowest BCUT2D eigenvalue weighted by atomic mass is 9.77. The minimum atomic E-state index is -3.71. The third-order valence-electron chi connectivity index (χ3n) is 4.52. The summed E-state index contributed by atoms with van der Waals surface area (Å²) in [5, 5.41) is 4.22. The first-order chi connectivity index (χ1) is 12.5. The summed E-state index contributed by atoms with van der Waals surface area (Å²) in [6.45, 7) is 1.89. The largest absolute Gasteiger partial charge is 0.385 e. The average Bonchev–Trinajstić information content (AvgIpc) is 3.08. The molecule has 0 spiro atoms. The second kappa shape index (κ2) is 6.29. The van der Waals surface area contributed by atoms with Crippen LogP contribution in [0.1, 0.15) is 35.6 Å². The predicted octanol–water partition coefficient (Wildman–Crippen LogP) is 3.87. The van der Waals surface area contributed by atoms with E-state index in [2.05, 4.69) is 15.3 Å². The third-order valence-corrected chi connectivity index (χ3v) is 5.29. The van der Waals surface area contributed by atoms with E-state index < -0.39 is 46.7 Å². The molecule has 3 rings (SSSR count). The topological polar surface area (TPSA) is 80.4 Å². The van der Waals surface area contributed by atoms with Gasteiger partial charge in [-0.2, -0.15) is 0 Å². The van der Waals surface area contributed by atoms with Crippen LogP contribution in [0.4, 0.5) is 23.2 Å². The maximum absolute atomic E-state index is 14.7. The van der Waals surface area contributed by atoms with Gasteiger partial charge in [0, 0.05) is 22.8 Å². The molecular weight excluding hydrogens is 384 g/mol. The number of carbonyl (C=O) groups is 1.